The molecule has 3 atom stereocenters. The summed E-state index contributed by atoms with van der Waals surface area (Å²) >= 11 is 0. The van der Waals surface area contributed by atoms with Crippen LogP contribution in [0.4, 0.5) is 0 Å². The Labute approximate surface area is 149 Å². The van der Waals surface area contributed by atoms with E-state index in [0.717, 1.165) is 37.2 Å². The molecule has 1 aliphatic carbocycles. The van der Waals surface area contributed by atoms with Crippen molar-refractivity contribution in [2.75, 3.05) is 20.2 Å². The second-order valence-electron chi connectivity index (χ2n) is 7.02. The van der Waals surface area contributed by atoms with Crippen LogP contribution in [0, 0.1) is 5.92 Å². The van der Waals surface area contributed by atoms with E-state index in [0.29, 0.717) is 13.2 Å². The molecule has 134 valence electrons. The Hall–Kier alpha value is -1.46. The normalized spacial score (nSPS) is 28.6. The maximum atomic E-state index is 12.8. The predicted octanol–water partition coefficient (Wildman–Crippen LogP) is 2.61. The summed E-state index contributed by atoms with van der Waals surface area (Å²) in [5.41, 5.74) is 5.95. The lowest BCUT2D eigenvalue weighted by Gasteiger charge is -2.40. The number of rotatable bonds is 3. The van der Waals surface area contributed by atoms with Gasteiger partial charge in [-0.3, -0.25) is 4.79 Å². The molecule has 0 saturated heterocycles. The molecule has 1 aromatic carbocycles. The number of nitrogens with two attached hydrogens (primary N) is 1. The highest BCUT2D eigenvalue weighted by molar-refractivity contribution is 5.85. The quantitative estimate of drug-likeness (QED) is 0.906. The predicted molar refractivity (Wildman–Crippen MR) is 95.8 cm³/mol. The molecule has 2 N–H and O–H groups in total. The molecule has 1 saturated carbocycles. The minimum atomic E-state index is -0.403. The van der Waals surface area contributed by atoms with Crippen LogP contribution in [0.25, 0.3) is 0 Å². The zero-order valence-electron chi connectivity index (χ0n) is 14.4. The third kappa shape index (κ3) is 3.95. The molecule has 0 bridgehead atoms. The topological polar surface area (TPSA) is 64.8 Å². The molecule has 3 unspecified atom stereocenters. The largest absolute Gasteiger partial charge is 0.486 e. The van der Waals surface area contributed by atoms with Crippen molar-refractivity contribution >= 4 is 18.3 Å². The zero-order chi connectivity index (χ0) is 16.4. The van der Waals surface area contributed by atoms with E-state index in [1.807, 2.05) is 38.2 Å². The molecule has 5 nitrogen and oxygen atoms in total. The Morgan fingerprint density at radius 1 is 1.33 bits per heavy atom. The van der Waals surface area contributed by atoms with E-state index in [-0.39, 0.29) is 30.3 Å². The van der Waals surface area contributed by atoms with Crippen LogP contribution < -0.4 is 15.2 Å². The van der Waals surface area contributed by atoms with E-state index in [1.165, 1.54) is 0 Å². The van der Waals surface area contributed by atoms with Crippen LogP contribution in [0.1, 0.15) is 32.6 Å². The van der Waals surface area contributed by atoms with Crippen LogP contribution in [0.5, 0.6) is 11.5 Å². The molecule has 1 amide bonds. The van der Waals surface area contributed by atoms with Crippen molar-refractivity contribution in [3.63, 3.8) is 0 Å². The van der Waals surface area contributed by atoms with Gasteiger partial charge in [-0.25, -0.2) is 0 Å². The lowest BCUT2D eigenvalue weighted by Crippen LogP contribution is -2.54. The number of para-hydroxylation sites is 2. The van der Waals surface area contributed by atoms with Crippen molar-refractivity contribution in [1.29, 1.82) is 0 Å². The van der Waals surface area contributed by atoms with Gasteiger partial charge in [0.1, 0.15) is 6.61 Å². The van der Waals surface area contributed by atoms with Crippen molar-refractivity contribution in [2.24, 2.45) is 11.7 Å². The van der Waals surface area contributed by atoms with Gasteiger partial charge in [-0.05, 0) is 31.9 Å². The first-order valence-corrected chi connectivity index (χ1v) is 8.40. The Balaban J connectivity index is 0.00000208. The first-order valence-electron chi connectivity index (χ1n) is 8.40. The van der Waals surface area contributed by atoms with Gasteiger partial charge < -0.3 is 20.1 Å². The molecule has 1 aliphatic heterocycles. The number of likely N-dealkylation sites (N-methyl/N-ethyl adjacent to an activating group) is 1. The zero-order valence-corrected chi connectivity index (χ0v) is 15.2. The minimum absolute atomic E-state index is 0. The molecule has 1 fully saturated rings. The van der Waals surface area contributed by atoms with E-state index in [1.54, 1.807) is 4.90 Å². The summed E-state index contributed by atoms with van der Waals surface area (Å²) in [6.07, 6.45) is 3.82. The number of carbonyl (C=O) groups excluding carboxylic acids is 1. The Morgan fingerprint density at radius 3 is 2.75 bits per heavy atom. The number of fused-ring (bicyclic) bond motifs is 1. The number of hydrogen-bond donors (Lipinski definition) is 1. The van der Waals surface area contributed by atoms with Crippen molar-refractivity contribution in [3.05, 3.63) is 24.3 Å². The Bertz CT molecular complexity index is 579. The van der Waals surface area contributed by atoms with Crippen LogP contribution in [-0.2, 0) is 4.79 Å². The van der Waals surface area contributed by atoms with Crippen LogP contribution in [0.15, 0.2) is 24.3 Å². The van der Waals surface area contributed by atoms with Gasteiger partial charge in [0, 0.05) is 12.6 Å². The van der Waals surface area contributed by atoms with E-state index in [9.17, 15) is 4.79 Å². The lowest BCUT2D eigenvalue weighted by molar-refractivity contribution is -0.139. The van der Waals surface area contributed by atoms with Crippen LogP contribution in [0.2, 0.25) is 0 Å². The van der Waals surface area contributed by atoms with E-state index in [4.69, 9.17) is 15.2 Å². The summed E-state index contributed by atoms with van der Waals surface area (Å²) in [4.78, 5) is 14.5. The summed E-state index contributed by atoms with van der Waals surface area (Å²) in [6.45, 7) is 2.97. The first-order chi connectivity index (χ1) is 11.0. The van der Waals surface area contributed by atoms with Gasteiger partial charge in [-0.1, -0.05) is 25.0 Å². The first kappa shape index (κ1) is 18.9. The Kier molecular flexibility index (Phi) is 5.99. The molecule has 6 heteroatoms. The highest BCUT2D eigenvalue weighted by atomic mass is 35.5. The molecule has 3 rings (SSSR count). The van der Waals surface area contributed by atoms with E-state index in [2.05, 4.69) is 0 Å². The number of hydrogen-bond acceptors (Lipinski definition) is 4. The second kappa shape index (κ2) is 7.62. The summed E-state index contributed by atoms with van der Waals surface area (Å²) in [5.74, 6) is 1.53. The third-order valence-electron chi connectivity index (χ3n) is 4.97. The second-order valence-corrected chi connectivity index (χ2v) is 7.02. The number of benzene rings is 1. The fourth-order valence-electron chi connectivity index (χ4n) is 3.58. The van der Waals surface area contributed by atoms with Crippen molar-refractivity contribution < 1.29 is 14.3 Å². The van der Waals surface area contributed by atoms with Gasteiger partial charge in [-0.2, -0.15) is 0 Å². The highest BCUT2D eigenvalue weighted by Crippen LogP contribution is 2.34. The fraction of sp³-hybridized carbons (Fsp3) is 0.611. The molecule has 1 heterocycles. The molecule has 24 heavy (non-hydrogen) atoms. The van der Waals surface area contributed by atoms with Crippen LogP contribution in [0.3, 0.4) is 0 Å². The molecular weight excluding hydrogens is 328 g/mol. The van der Waals surface area contributed by atoms with Crippen LogP contribution in [-0.4, -0.2) is 42.6 Å². The number of nitrogens with zero attached hydrogens (tertiary/aromatic N) is 1. The molecule has 1 aromatic rings. The van der Waals surface area contributed by atoms with Crippen molar-refractivity contribution in [3.8, 4) is 11.5 Å². The molecule has 2 aliphatic rings. The summed E-state index contributed by atoms with van der Waals surface area (Å²) in [7, 11) is 1.83. The van der Waals surface area contributed by atoms with Gasteiger partial charge >= 0.3 is 0 Å². The minimum Gasteiger partial charge on any atom is -0.486 e. The maximum absolute atomic E-state index is 12.8. The molecular formula is C18H27ClN2O3. The highest BCUT2D eigenvalue weighted by Gasteiger charge is 2.39. The fourth-order valence-corrected chi connectivity index (χ4v) is 3.58. The molecule has 0 spiro atoms. The molecule has 0 radical (unpaired) electrons. The average molecular weight is 355 g/mol. The summed E-state index contributed by atoms with van der Waals surface area (Å²) in [6, 6.07) is 7.62. The van der Waals surface area contributed by atoms with E-state index < -0.39 is 5.54 Å². The van der Waals surface area contributed by atoms with Gasteiger partial charge in [-0.15, -0.1) is 12.4 Å². The third-order valence-corrected chi connectivity index (χ3v) is 4.97. The van der Waals surface area contributed by atoms with Gasteiger partial charge in [0.15, 0.2) is 17.6 Å². The van der Waals surface area contributed by atoms with Gasteiger partial charge in [0.25, 0.3) is 0 Å². The average Bonchev–Trinajstić information content (AvgIpc) is 2.53. The smallest absolute Gasteiger partial charge is 0.227 e. The monoisotopic (exact) mass is 354 g/mol. The summed E-state index contributed by atoms with van der Waals surface area (Å²) < 4.78 is 11.7. The maximum Gasteiger partial charge on any atom is 0.227 e. The molecule has 0 aromatic heterocycles. The Morgan fingerprint density at radius 2 is 2.04 bits per heavy atom. The number of carbonyl (C=O) groups is 1. The standard InChI is InChI=1S/C18H26N2O3.ClH/c1-18(19)10-6-5-7-14(18)17(21)20(2)11-13-12-22-15-8-3-4-9-16(15)23-13;/h3-4,8-9,13-14H,5-7,10-12,19H2,1-2H3;1H. The van der Waals surface area contributed by atoms with E-state index >= 15 is 0 Å². The van der Waals surface area contributed by atoms with Gasteiger partial charge in [0.05, 0.1) is 12.5 Å². The number of halogens is 1. The number of ether oxygens (including phenoxy) is 2. The lowest BCUT2D eigenvalue weighted by atomic mass is 9.74. The van der Waals surface area contributed by atoms with Gasteiger partial charge in [0.2, 0.25) is 5.91 Å². The van der Waals surface area contributed by atoms with Crippen LogP contribution >= 0.6 is 12.4 Å². The van der Waals surface area contributed by atoms with Crippen molar-refractivity contribution in [2.45, 2.75) is 44.2 Å². The number of amides is 1. The SMILES string of the molecule is CN(CC1COc2ccccc2O1)C(=O)C1CCCCC1(C)N.Cl. The summed E-state index contributed by atoms with van der Waals surface area (Å²) in [5, 5.41) is 0. The van der Waals surface area contributed by atoms with Crippen molar-refractivity contribution in [1.82, 2.24) is 4.90 Å².